The third-order valence-electron chi connectivity index (χ3n) is 8.39. The summed E-state index contributed by atoms with van der Waals surface area (Å²) in [4.78, 5) is 14.5. The molecule has 2 unspecified atom stereocenters. The zero-order valence-electron chi connectivity index (χ0n) is 22.8. The molecule has 4 heterocycles. The molecule has 0 amide bonds. The smallest absolute Gasteiger partial charge is 0.232 e. The Bertz CT molecular complexity index is 1620. The molecule has 2 fully saturated rings. The van der Waals surface area contributed by atoms with Gasteiger partial charge in [-0.05, 0) is 66.4 Å². The second-order valence-electron chi connectivity index (χ2n) is 10.6. The average molecular weight is 533 g/mol. The van der Waals surface area contributed by atoms with E-state index in [1.54, 1.807) is 20.5 Å². The van der Waals surface area contributed by atoms with Crippen LogP contribution in [0.1, 0.15) is 12.0 Å². The molecule has 2 aliphatic heterocycles. The Kier molecular flexibility index (Phi) is 6.36. The van der Waals surface area contributed by atoms with Crippen LogP contribution in [0.4, 0.5) is 5.82 Å². The molecular formula is C33H32N4O3. The van der Waals surface area contributed by atoms with E-state index in [4.69, 9.17) is 18.9 Å². The van der Waals surface area contributed by atoms with E-state index in [2.05, 4.69) is 57.2 Å². The van der Waals surface area contributed by atoms with Crippen LogP contribution in [-0.4, -0.2) is 54.8 Å². The Balaban J connectivity index is 1.30. The van der Waals surface area contributed by atoms with Gasteiger partial charge < -0.3 is 18.8 Å². The quantitative estimate of drug-likeness (QED) is 0.244. The highest BCUT2D eigenvalue weighted by atomic mass is 16.5. The van der Waals surface area contributed by atoms with Gasteiger partial charge in [-0.3, -0.25) is 4.90 Å². The number of nitrogens with zero attached hydrogens (tertiary/aromatic N) is 4. The van der Waals surface area contributed by atoms with Gasteiger partial charge in [-0.15, -0.1) is 0 Å². The van der Waals surface area contributed by atoms with Crippen LogP contribution in [0.2, 0.25) is 0 Å². The molecule has 2 atom stereocenters. The van der Waals surface area contributed by atoms with Gasteiger partial charge in [0, 0.05) is 36.8 Å². The van der Waals surface area contributed by atoms with Crippen molar-refractivity contribution in [3.05, 3.63) is 90.8 Å². The normalized spacial score (nSPS) is 18.8. The van der Waals surface area contributed by atoms with Crippen LogP contribution in [0.3, 0.4) is 0 Å². The maximum atomic E-state index is 6.50. The second kappa shape index (κ2) is 10.3. The fraction of sp³-hybridized carbons (Fsp3) is 0.273. The number of methoxy groups -OCH3 is 2. The largest absolute Gasteiger partial charge is 0.497 e. The molecule has 0 N–H and O–H groups in total. The number of fused-ring (bicyclic) bond motifs is 2. The monoisotopic (exact) mass is 532 g/mol. The molecule has 2 aromatic heterocycles. The lowest BCUT2D eigenvalue weighted by molar-refractivity contribution is 0.246. The van der Waals surface area contributed by atoms with Gasteiger partial charge in [0.15, 0.2) is 0 Å². The van der Waals surface area contributed by atoms with Gasteiger partial charge in [0.2, 0.25) is 5.71 Å². The summed E-state index contributed by atoms with van der Waals surface area (Å²) >= 11 is 0. The van der Waals surface area contributed by atoms with Crippen molar-refractivity contribution in [2.75, 3.05) is 38.8 Å². The SMILES string of the molecule is COc1ccc(-c2oc3ncnc(N4CC5CCN(Cc6ccccc6)C5C4)c3c2-c2ccc(OC)cc2)cc1. The number of rotatable bonds is 7. The zero-order chi connectivity index (χ0) is 27.1. The number of benzene rings is 3. The summed E-state index contributed by atoms with van der Waals surface area (Å²) < 4.78 is 17.3. The Morgan fingerprint density at radius 3 is 2.23 bits per heavy atom. The first-order valence-corrected chi connectivity index (χ1v) is 13.8. The number of ether oxygens (including phenoxy) is 2. The minimum atomic E-state index is 0.502. The second-order valence-corrected chi connectivity index (χ2v) is 10.6. The predicted molar refractivity (Wildman–Crippen MR) is 157 cm³/mol. The minimum Gasteiger partial charge on any atom is -0.497 e. The van der Waals surface area contributed by atoms with E-state index in [0.717, 1.165) is 71.3 Å². The van der Waals surface area contributed by atoms with E-state index in [9.17, 15) is 0 Å². The number of aromatic nitrogens is 2. The Labute approximate surface area is 234 Å². The molecule has 2 saturated heterocycles. The zero-order valence-corrected chi connectivity index (χ0v) is 22.8. The van der Waals surface area contributed by atoms with Gasteiger partial charge in [-0.1, -0.05) is 42.5 Å². The molecule has 2 aliphatic rings. The van der Waals surface area contributed by atoms with Gasteiger partial charge in [0.1, 0.15) is 29.4 Å². The summed E-state index contributed by atoms with van der Waals surface area (Å²) in [5.74, 6) is 3.94. The fourth-order valence-electron chi connectivity index (χ4n) is 6.37. The molecule has 5 aromatic rings. The standard InChI is InChI=1S/C33H32N4O3/c1-38-26-12-8-23(9-13-26)29-30-32(34-21-35-33(30)40-31(29)24-10-14-27(39-2)15-11-24)37-19-25-16-17-36(28(25)20-37)18-22-6-4-3-5-7-22/h3-15,21,25,28H,16-20H2,1-2H3. The Morgan fingerprint density at radius 1 is 0.825 bits per heavy atom. The Hall–Kier alpha value is -4.36. The van der Waals surface area contributed by atoms with Crippen molar-refractivity contribution in [1.29, 1.82) is 0 Å². The van der Waals surface area contributed by atoms with Gasteiger partial charge in [0.05, 0.1) is 19.6 Å². The number of hydrogen-bond donors (Lipinski definition) is 0. The number of likely N-dealkylation sites (tertiary alicyclic amines) is 1. The van der Waals surface area contributed by atoms with Crippen molar-refractivity contribution in [2.45, 2.75) is 19.0 Å². The van der Waals surface area contributed by atoms with Crippen LogP contribution < -0.4 is 14.4 Å². The van der Waals surface area contributed by atoms with Gasteiger partial charge in [0.25, 0.3) is 0 Å². The molecule has 0 aliphatic carbocycles. The first-order chi connectivity index (χ1) is 19.7. The van der Waals surface area contributed by atoms with Crippen LogP contribution in [0.15, 0.2) is 89.6 Å². The lowest BCUT2D eigenvalue weighted by atomic mass is 9.99. The summed E-state index contributed by atoms with van der Waals surface area (Å²) in [5, 5.41) is 0.952. The van der Waals surface area contributed by atoms with Gasteiger partial charge in [-0.25, -0.2) is 9.97 Å². The maximum Gasteiger partial charge on any atom is 0.232 e. The van der Waals surface area contributed by atoms with E-state index in [-0.39, 0.29) is 0 Å². The number of anilines is 1. The molecule has 0 radical (unpaired) electrons. The summed E-state index contributed by atoms with van der Waals surface area (Å²) in [5.41, 5.74) is 4.96. The van der Waals surface area contributed by atoms with E-state index in [0.29, 0.717) is 17.7 Å². The van der Waals surface area contributed by atoms with Crippen molar-refractivity contribution < 1.29 is 13.9 Å². The first-order valence-electron chi connectivity index (χ1n) is 13.8. The first kappa shape index (κ1) is 24.7. The summed E-state index contributed by atoms with van der Waals surface area (Å²) in [6.07, 6.45) is 2.84. The molecule has 3 aromatic carbocycles. The van der Waals surface area contributed by atoms with E-state index >= 15 is 0 Å². The summed E-state index contributed by atoms with van der Waals surface area (Å²) in [6.45, 7) is 4.04. The average Bonchev–Trinajstić information content (AvgIpc) is 3.71. The summed E-state index contributed by atoms with van der Waals surface area (Å²) in [7, 11) is 3.36. The third kappa shape index (κ3) is 4.36. The van der Waals surface area contributed by atoms with Gasteiger partial charge in [-0.2, -0.15) is 0 Å². The molecule has 0 saturated carbocycles. The van der Waals surface area contributed by atoms with Crippen LogP contribution in [-0.2, 0) is 6.54 Å². The molecule has 0 bridgehead atoms. The highest BCUT2D eigenvalue weighted by Gasteiger charge is 2.42. The molecule has 7 heteroatoms. The molecule has 202 valence electrons. The van der Waals surface area contributed by atoms with Crippen molar-refractivity contribution >= 4 is 16.9 Å². The molecule has 40 heavy (non-hydrogen) atoms. The molecule has 7 nitrogen and oxygen atoms in total. The summed E-state index contributed by atoms with van der Waals surface area (Å²) in [6, 6.07) is 27.4. The van der Waals surface area contributed by atoms with Crippen molar-refractivity contribution in [3.63, 3.8) is 0 Å². The predicted octanol–water partition coefficient (Wildman–Crippen LogP) is 6.28. The van der Waals surface area contributed by atoms with Crippen molar-refractivity contribution in [2.24, 2.45) is 5.92 Å². The highest BCUT2D eigenvalue weighted by Crippen LogP contribution is 2.45. The molecular weight excluding hydrogens is 500 g/mol. The molecule has 0 spiro atoms. The van der Waals surface area contributed by atoms with Crippen LogP contribution in [0.25, 0.3) is 33.6 Å². The van der Waals surface area contributed by atoms with Crippen LogP contribution in [0.5, 0.6) is 11.5 Å². The lowest BCUT2D eigenvalue weighted by Gasteiger charge is -2.25. The number of hydrogen-bond acceptors (Lipinski definition) is 7. The van der Waals surface area contributed by atoms with Crippen molar-refractivity contribution in [3.8, 4) is 33.9 Å². The maximum absolute atomic E-state index is 6.50. The minimum absolute atomic E-state index is 0.502. The van der Waals surface area contributed by atoms with Crippen LogP contribution in [0, 0.1) is 5.92 Å². The lowest BCUT2D eigenvalue weighted by Crippen LogP contribution is -2.35. The fourth-order valence-corrected chi connectivity index (χ4v) is 6.37. The van der Waals surface area contributed by atoms with E-state index in [1.807, 2.05) is 36.4 Å². The van der Waals surface area contributed by atoms with E-state index < -0.39 is 0 Å². The highest BCUT2D eigenvalue weighted by molar-refractivity contribution is 6.06. The topological polar surface area (TPSA) is 63.9 Å². The van der Waals surface area contributed by atoms with E-state index in [1.165, 1.54) is 12.0 Å². The van der Waals surface area contributed by atoms with Crippen molar-refractivity contribution in [1.82, 2.24) is 14.9 Å². The third-order valence-corrected chi connectivity index (χ3v) is 8.39. The molecule has 7 rings (SSSR count). The number of furan rings is 1. The van der Waals surface area contributed by atoms with Gasteiger partial charge >= 0.3 is 0 Å². The Morgan fingerprint density at radius 2 is 1.52 bits per heavy atom. The van der Waals surface area contributed by atoms with Crippen LogP contribution >= 0.6 is 0 Å².